The van der Waals surface area contributed by atoms with Crippen molar-refractivity contribution in [2.24, 2.45) is 5.10 Å². The Bertz CT molecular complexity index is 1240. The van der Waals surface area contributed by atoms with Crippen LogP contribution in [-0.4, -0.2) is 22.7 Å². The number of carbonyl (C=O) groups is 2. The molecule has 1 aliphatic heterocycles. The summed E-state index contributed by atoms with van der Waals surface area (Å²) >= 11 is 5.93. The van der Waals surface area contributed by atoms with E-state index in [1.807, 2.05) is 24.3 Å². The first-order valence-corrected chi connectivity index (χ1v) is 10.1. The van der Waals surface area contributed by atoms with E-state index in [4.69, 9.17) is 16.0 Å². The quantitative estimate of drug-likeness (QED) is 0.524. The number of amides is 1. The van der Waals surface area contributed by atoms with Crippen molar-refractivity contribution in [2.75, 3.05) is 5.01 Å². The normalized spacial score (nSPS) is 14.9. The molecule has 0 aliphatic carbocycles. The van der Waals surface area contributed by atoms with Gasteiger partial charge in [-0.1, -0.05) is 30.7 Å². The van der Waals surface area contributed by atoms with Gasteiger partial charge in [-0.25, -0.2) is 4.79 Å². The van der Waals surface area contributed by atoms with E-state index in [0.717, 1.165) is 6.42 Å². The van der Waals surface area contributed by atoms with E-state index in [1.165, 1.54) is 22.7 Å². The molecule has 1 aromatic heterocycles. The highest BCUT2D eigenvalue weighted by molar-refractivity contribution is 6.33. The van der Waals surface area contributed by atoms with Crippen molar-refractivity contribution in [2.45, 2.75) is 20.3 Å². The van der Waals surface area contributed by atoms with Gasteiger partial charge in [-0.2, -0.15) is 10.1 Å². The number of carboxylic acids is 1. The lowest BCUT2D eigenvalue weighted by molar-refractivity contribution is -0.114. The summed E-state index contributed by atoms with van der Waals surface area (Å²) in [5.41, 5.74) is 3.47. The molecule has 0 atom stereocenters. The molecule has 2 aromatic carbocycles. The summed E-state index contributed by atoms with van der Waals surface area (Å²) in [6.07, 6.45) is 2.56. The van der Waals surface area contributed by atoms with E-state index in [9.17, 15) is 14.7 Å². The topological polar surface area (TPSA) is 83.1 Å². The molecular formula is C24H19ClN2O4. The molecule has 1 N–H and O–H groups in total. The first-order chi connectivity index (χ1) is 14.9. The van der Waals surface area contributed by atoms with Crippen molar-refractivity contribution in [3.8, 4) is 11.3 Å². The number of hydrogen-bond acceptors (Lipinski definition) is 4. The summed E-state index contributed by atoms with van der Waals surface area (Å²) < 4.78 is 5.84. The number of carbonyl (C=O) groups excluding carboxylic acids is 1. The molecule has 0 saturated carbocycles. The molecule has 0 bridgehead atoms. The third kappa shape index (κ3) is 4.02. The molecule has 0 unspecified atom stereocenters. The summed E-state index contributed by atoms with van der Waals surface area (Å²) in [5.74, 6) is -0.420. The Kier molecular flexibility index (Phi) is 5.48. The van der Waals surface area contributed by atoms with E-state index in [0.29, 0.717) is 34.1 Å². The number of rotatable bonds is 5. The number of anilines is 1. The molecule has 156 valence electrons. The van der Waals surface area contributed by atoms with E-state index < -0.39 is 5.97 Å². The van der Waals surface area contributed by atoms with Gasteiger partial charge in [-0.3, -0.25) is 4.79 Å². The van der Waals surface area contributed by atoms with Crippen LogP contribution in [0.3, 0.4) is 0 Å². The number of aromatic carboxylic acids is 1. The molecule has 0 spiro atoms. The van der Waals surface area contributed by atoms with E-state index in [-0.39, 0.29) is 16.5 Å². The van der Waals surface area contributed by atoms with E-state index in [2.05, 4.69) is 12.0 Å². The standard InChI is InChI=1S/C24H19ClN2O4/c1-3-15-4-7-17(8-5-15)27-23(28)19(14(2)26-27)13-18-9-11-22(31-18)16-6-10-21(25)20(12-16)24(29)30/h4-13H,3H2,1-2H3,(H,29,30). The highest BCUT2D eigenvalue weighted by Gasteiger charge is 2.29. The number of aryl methyl sites for hydroxylation is 1. The Hall–Kier alpha value is -3.64. The van der Waals surface area contributed by atoms with Crippen molar-refractivity contribution < 1.29 is 19.1 Å². The minimum Gasteiger partial charge on any atom is -0.478 e. The van der Waals surface area contributed by atoms with Crippen LogP contribution in [0.15, 0.2) is 69.7 Å². The maximum Gasteiger partial charge on any atom is 0.337 e. The third-order valence-corrected chi connectivity index (χ3v) is 5.38. The second kappa shape index (κ2) is 8.24. The predicted molar refractivity (Wildman–Crippen MR) is 121 cm³/mol. The van der Waals surface area contributed by atoms with Crippen molar-refractivity contribution in [1.82, 2.24) is 0 Å². The zero-order valence-electron chi connectivity index (χ0n) is 16.9. The van der Waals surface area contributed by atoms with Gasteiger partial charge in [0.1, 0.15) is 11.5 Å². The molecule has 0 fully saturated rings. The Morgan fingerprint density at radius 3 is 2.58 bits per heavy atom. The highest BCUT2D eigenvalue weighted by atomic mass is 35.5. The molecule has 0 saturated heterocycles. The average molecular weight is 435 g/mol. The Morgan fingerprint density at radius 2 is 1.90 bits per heavy atom. The Balaban J connectivity index is 1.61. The van der Waals surface area contributed by atoms with Crippen LogP contribution >= 0.6 is 11.6 Å². The second-order valence-electron chi connectivity index (χ2n) is 7.08. The fraction of sp³-hybridized carbons (Fsp3) is 0.125. The van der Waals surface area contributed by atoms with Crippen LogP contribution in [0.4, 0.5) is 5.69 Å². The minimum absolute atomic E-state index is 0.00541. The lowest BCUT2D eigenvalue weighted by Gasteiger charge is -2.12. The average Bonchev–Trinajstić information content (AvgIpc) is 3.34. The fourth-order valence-electron chi connectivity index (χ4n) is 3.30. The SMILES string of the molecule is CCc1ccc(N2N=C(C)C(=Cc3ccc(-c4ccc(Cl)c(C(=O)O)c4)o3)C2=O)cc1. The molecule has 1 amide bonds. The monoisotopic (exact) mass is 434 g/mol. The van der Waals surface area contributed by atoms with Crippen molar-refractivity contribution in [3.05, 3.63) is 82.1 Å². The summed E-state index contributed by atoms with van der Waals surface area (Å²) in [6, 6.07) is 15.8. The molecule has 1 aliphatic rings. The van der Waals surface area contributed by atoms with Crippen LogP contribution in [0.5, 0.6) is 0 Å². The summed E-state index contributed by atoms with van der Waals surface area (Å²) in [4.78, 5) is 24.2. The van der Waals surface area contributed by atoms with Crippen molar-refractivity contribution in [1.29, 1.82) is 0 Å². The predicted octanol–water partition coefficient (Wildman–Crippen LogP) is 5.67. The molecule has 7 heteroatoms. The minimum atomic E-state index is -1.11. The number of hydrazone groups is 1. The number of nitrogens with zero attached hydrogens (tertiary/aromatic N) is 2. The van der Waals surface area contributed by atoms with Crippen molar-refractivity contribution >= 4 is 41.0 Å². The van der Waals surface area contributed by atoms with Crippen molar-refractivity contribution in [3.63, 3.8) is 0 Å². The van der Waals surface area contributed by atoms with Gasteiger partial charge >= 0.3 is 5.97 Å². The van der Waals surface area contributed by atoms with Crippen LogP contribution < -0.4 is 5.01 Å². The van der Waals surface area contributed by atoms with E-state index >= 15 is 0 Å². The maximum absolute atomic E-state index is 12.9. The first-order valence-electron chi connectivity index (χ1n) is 9.71. The van der Waals surface area contributed by atoms with Crippen LogP contribution in [0.25, 0.3) is 17.4 Å². The van der Waals surface area contributed by atoms with Crippen LogP contribution in [0.2, 0.25) is 5.02 Å². The van der Waals surface area contributed by atoms with Crippen LogP contribution in [-0.2, 0) is 11.2 Å². The van der Waals surface area contributed by atoms with Gasteiger partial charge in [0, 0.05) is 5.56 Å². The van der Waals surface area contributed by atoms with Gasteiger partial charge in [0.2, 0.25) is 0 Å². The molecular weight excluding hydrogens is 416 g/mol. The number of furan rings is 1. The summed E-state index contributed by atoms with van der Waals surface area (Å²) in [7, 11) is 0. The second-order valence-corrected chi connectivity index (χ2v) is 7.49. The Labute approximate surface area is 184 Å². The molecule has 4 rings (SSSR count). The zero-order chi connectivity index (χ0) is 22.1. The lowest BCUT2D eigenvalue weighted by atomic mass is 10.1. The summed E-state index contributed by atoms with van der Waals surface area (Å²) in [6.45, 7) is 3.84. The van der Waals surface area contributed by atoms with Crippen LogP contribution in [0.1, 0.15) is 35.5 Å². The van der Waals surface area contributed by atoms with Gasteiger partial charge in [0.05, 0.1) is 27.6 Å². The van der Waals surface area contributed by atoms with E-state index in [1.54, 1.807) is 31.2 Å². The molecule has 6 nitrogen and oxygen atoms in total. The first kappa shape index (κ1) is 20.6. The highest BCUT2D eigenvalue weighted by Crippen LogP contribution is 2.29. The van der Waals surface area contributed by atoms with Crippen LogP contribution in [0, 0.1) is 0 Å². The number of hydrogen-bond donors (Lipinski definition) is 1. The molecule has 3 aromatic rings. The number of halogens is 1. The summed E-state index contributed by atoms with van der Waals surface area (Å²) in [5, 5.41) is 15.2. The van der Waals surface area contributed by atoms with Gasteiger partial charge in [0.15, 0.2) is 0 Å². The molecule has 31 heavy (non-hydrogen) atoms. The molecule has 0 radical (unpaired) electrons. The number of benzene rings is 2. The van der Waals surface area contributed by atoms with Gasteiger partial charge < -0.3 is 9.52 Å². The Morgan fingerprint density at radius 1 is 1.16 bits per heavy atom. The van der Waals surface area contributed by atoms with Gasteiger partial charge in [0.25, 0.3) is 5.91 Å². The van der Waals surface area contributed by atoms with Gasteiger partial charge in [-0.05, 0) is 67.4 Å². The lowest BCUT2D eigenvalue weighted by Crippen LogP contribution is -2.21. The zero-order valence-corrected chi connectivity index (χ0v) is 17.7. The smallest absolute Gasteiger partial charge is 0.337 e. The maximum atomic E-state index is 12.9. The molecule has 2 heterocycles. The fourth-order valence-corrected chi connectivity index (χ4v) is 3.50. The number of carboxylic acid groups (broad SMARTS) is 1. The van der Waals surface area contributed by atoms with Gasteiger partial charge in [-0.15, -0.1) is 0 Å². The largest absolute Gasteiger partial charge is 0.478 e. The third-order valence-electron chi connectivity index (χ3n) is 5.05.